The molecule has 1 unspecified atom stereocenters. The van der Waals surface area contributed by atoms with Crippen molar-refractivity contribution in [1.29, 1.82) is 0 Å². The van der Waals surface area contributed by atoms with E-state index in [0.29, 0.717) is 6.61 Å². The van der Waals surface area contributed by atoms with Gasteiger partial charge in [0.25, 0.3) is 0 Å². The Morgan fingerprint density at radius 2 is 2.18 bits per heavy atom. The van der Waals surface area contributed by atoms with Gasteiger partial charge in [-0.05, 0) is 24.0 Å². The van der Waals surface area contributed by atoms with E-state index >= 15 is 0 Å². The van der Waals surface area contributed by atoms with Crippen molar-refractivity contribution in [2.24, 2.45) is 5.41 Å². The van der Waals surface area contributed by atoms with E-state index in [2.05, 4.69) is 29.6 Å². The Labute approximate surface area is 102 Å². The van der Waals surface area contributed by atoms with Gasteiger partial charge >= 0.3 is 0 Å². The van der Waals surface area contributed by atoms with Crippen LogP contribution in [0.1, 0.15) is 30.0 Å². The Morgan fingerprint density at radius 1 is 1.35 bits per heavy atom. The van der Waals surface area contributed by atoms with E-state index in [0.717, 1.165) is 32.6 Å². The molecule has 1 aromatic rings. The lowest BCUT2D eigenvalue weighted by Gasteiger charge is -2.28. The Hall–Kier alpha value is -0.900. The number of aliphatic hydroxyl groups is 1. The second-order valence-corrected chi connectivity index (χ2v) is 5.31. The van der Waals surface area contributed by atoms with Gasteiger partial charge in [0.1, 0.15) is 0 Å². The molecule has 1 aromatic carbocycles. The zero-order valence-electron chi connectivity index (χ0n) is 9.98. The van der Waals surface area contributed by atoms with Crippen LogP contribution in [-0.4, -0.2) is 24.9 Å². The zero-order valence-corrected chi connectivity index (χ0v) is 9.98. The summed E-state index contributed by atoms with van der Waals surface area (Å²) in [6.07, 6.45) is 2.29. The summed E-state index contributed by atoms with van der Waals surface area (Å²) in [6.45, 7) is 2.65. The van der Waals surface area contributed by atoms with Crippen LogP contribution in [-0.2, 0) is 11.3 Å². The fraction of sp³-hybridized carbons (Fsp3) is 0.571. The summed E-state index contributed by atoms with van der Waals surface area (Å²) in [7, 11) is 0. The predicted molar refractivity (Wildman–Crippen MR) is 65.6 cm³/mol. The number of nitrogens with one attached hydrogen (secondary N) is 1. The van der Waals surface area contributed by atoms with Crippen LogP contribution in [0.4, 0.5) is 0 Å². The predicted octanol–water partition coefficient (Wildman–Crippen LogP) is 1.62. The Kier molecular flexibility index (Phi) is 2.90. The second-order valence-electron chi connectivity index (χ2n) is 5.31. The molecule has 0 aromatic heterocycles. The third-order valence-electron chi connectivity index (χ3n) is 3.99. The molecule has 3 nitrogen and oxygen atoms in total. The lowest BCUT2D eigenvalue weighted by atomic mass is 9.98. The number of fused-ring (bicyclic) bond motifs is 1. The van der Waals surface area contributed by atoms with Gasteiger partial charge in [0.15, 0.2) is 0 Å². The number of ether oxygens (including phenoxy) is 1. The molecule has 1 atom stereocenters. The molecule has 0 saturated heterocycles. The van der Waals surface area contributed by atoms with Crippen molar-refractivity contribution in [1.82, 2.24) is 5.32 Å². The minimum absolute atomic E-state index is 0.159. The average Bonchev–Trinajstić information content (AvgIpc) is 3.17. The lowest BCUT2D eigenvalue weighted by Crippen LogP contribution is -2.34. The molecule has 3 rings (SSSR count). The zero-order chi connectivity index (χ0) is 11.7. The summed E-state index contributed by atoms with van der Waals surface area (Å²) < 4.78 is 5.60. The second kappa shape index (κ2) is 4.41. The third-order valence-corrected chi connectivity index (χ3v) is 3.99. The molecule has 1 fully saturated rings. The topological polar surface area (TPSA) is 41.5 Å². The molecule has 17 heavy (non-hydrogen) atoms. The molecule has 3 heteroatoms. The Morgan fingerprint density at radius 3 is 2.94 bits per heavy atom. The molecule has 2 N–H and O–H groups in total. The molecule has 1 heterocycles. The van der Waals surface area contributed by atoms with E-state index in [1.807, 2.05) is 0 Å². The lowest BCUT2D eigenvalue weighted by molar-refractivity contribution is 0.0784. The van der Waals surface area contributed by atoms with Crippen molar-refractivity contribution in [2.45, 2.75) is 25.5 Å². The van der Waals surface area contributed by atoms with E-state index in [1.165, 1.54) is 11.1 Å². The summed E-state index contributed by atoms with van der Waals surface area (Å²) in [5.74, 6) is 0. The van der Waals surface area contributed by atoms with Crippen LogP contribution in [0.2, 0.25) is 0 Å². The first-order valence-corrected chi connectivity index (χ1v) is 6.33. The molecule has 0 amide bonds. The SMILES string of the molecule is OCC1(CNC2COCc3ccccc32)CC1. The van der Waals surface area contributed by atoms with Crippen LogP contribution in [0.5, 0.6) is 0 Å². The fourth-order valence-corrected chi connectivity index (χ4v) is 2.46. The number of benzene rings is 1. The summed E-state index contributed by atoms with van der Waals surface area (Å²) in [5, 5.41) is 12.9. The number of hydrogen-bond donors (Lipinski definition) is 2. The molecule has 1 aliphatic carbocycles. The van der Waals surface area contributed by atoms with Crippen LogP contribution in [0.3, 0.4) is 0 Å². The van der Waals surface area contributed by atoms with E-state index in [4.69, 9.17) is 4.74 Å². The van der Waals surface area contributed by atoms with Crippen LogP contribution < -0.4 is 5.32 Å². The summed E-state index contributed by atoms with van der Waals surface area (Å²) >= 11 is 0. The van der Waals surface area contributed by atoms with Gasteiger partial charge in [-0.25, -0.2) is 0 Å². The monoisotopic (exact) mass is 233 g/mol. The highest BCUT2D eigenvalue weighted by Gasteiger charge is 2.42. The molecule has 1 aliphatic heterocycles. The smallest absolute Gasteiger partial charge is 0.0721 e. The molecule has 2 aliphatic rings. The van der Waals surface area contributed by atoms with E-state index in [9.17, 15) is 5.11 Å². The number of rotatable bonds is 4. The molecule has 0 spiro atoms. The van der Waals surface area contributed by atoms with Gasteiger partial charge in [0, 0.05) is 18.6 Å². The Bertz CT molecular complexity index is 401. The average molecular weight is 233 g/mol. The number of hydrogen-bond acceptors (Lipinski definition) is 3. The summed E-state index contributed by atoms with van der Waals surface area (Å²) in [4.78, 5) is 0. The fourth-order valence-electron chi connectivity index (χ4n) is 2.46. The highest BCUT2D eigenvalue weighted by atomic mass is 16.5. The van der Waals surface area contributed by atoms with Gasteiger partial charge in [0.2, 0.25) is 0 Å². The molecule has 0 bridgehead atoms. The standard InChI is InChI=1S/C14H19NO2/c16-10-14(5-6-14)9-15-13-8-17-7-11-3-1-2-4-12(11)13/h1-4,13,15-16H,5-10H2. The summed E-state index contributed by atoms with van der Waals surface area (Å²) in [6, 6.07) is 8.72. The molecule has 1 saturated carbocycles. The van der Waals surface area contributed by atoms with Crippen molar-refractivity contribution in [2.75, 3.05) is 19.8 Å². The first-order chi connectivity index (χ1) is 8.33. The maximum Gasteiger partial charge on any atom is 0.0721 e. The third kappa shape index (κ3) is 2.23. The van der Waals surface area contributed by atoms with Gasteiger partial charge in [-0.3, -0.25) is 0 Å². The van der Waals surface area contributed by atoms with Crippen molar-refractivity contribution < 1.29 is 9.84 Å². The minimum atomic E-state index is 0.159. The number of aliphatic hydroxyl groups excluding tert-OH is 1. The van der Waals surface area contributed by atoms with Gasteiger partial charge in [-0.2, -0.15) is 0 Å². The maximum atomic E-state index is 9.31. The van der Waals surface area contributed by atoms with E-state index in [1.54, 1.807) is 0 Å². The maximum absolute atomic E-state index is 9.31. The largest absolute Gasteiger partial charge is 0.396 e. The van der Waals surface area contributed by atoms with Crippen molar-refractivity contribution in [3.05, 3.63) is 35.4 Å². The normalized spacial score (nSPS) is 25.4. The summed E-state index contributed by atoms with van der Waals surface area (Å²) in [5.41, 5.74) is 2.80. The van der Waals surface area contributed by atoms with Crippen LogP contribution in [0.25, 0.3) is 0 Å². The first-order valence-electron chi connectivity index (χ1n) is 6.33. The van der Waals surface area contributed by atoms with E-state index < -0.39 is 0 Å². The molecule has 92 valence electrons. The van der Waals surface area contributed by atoms with Crippen molar-refractivity contribution in [3.8, 4) is 0 Å². The van der Waals surface area contributed by atoms with Gasteiger partial charge in [-0.1, -0.05) is 24.3 Å². The molecular formula is C14H19NO2. The van der Waals surface area contributed by atoms with Crippen LogP contribution in [0, 0.1) is 5.41 Å². The van der Waals surface area contributed by atoms with Gasteiger partial charge < -0.3 is 15.2 Å². The minimum Gasteiger partial charge on any atom is -0.396 e. The highest BCUT2D eigenvalue weighted by Crippen LogP contribution is 2.44. The highest BCUT2D eigenvalue weighted by molar-refractivity contribution is 5.31. The quantitative estimate of drug-likeness (QED) is 0.830. The van der Waals surface area contributed by atoms with Crippen LogP contribution in [0.15, 0.2) is 24.3 Å². The molecular weight excluding hydrogens is 214 g/mol. The van der Waals surface area contributed by atoms with Crippen molar-refractivity contribution in [3.63, 3.8) is 0 Å². The van der Waals surface area contributed by atoms with Crippen LogP contribution >= 0.6 is 0 Å². The van der Waals surface area contributed by atoms with Gasteiger partial charge in [0.05, 0.1) is 19.3 Å². The van der Waals surface area contributed by atoms with E-state index in [-0.39, 0.29) is 11.5 Å². The van der Waals surface area contributed by atoms with Gasteiger partial charge in [-0.15, -0.1) is 0 Å². The molecule has 0 radical (unpaired) electrons. The first kappa shape index (κ1) is 11.2. The Balaban J connectivity index is 1.68. The van der Waals surface area contributed by atoms with Crippen molar-refractivity contribution >= 4 is 0 Å².